The second-order valence-electron chi connectivity index (χ2n) is 7.86. The van der Waals surface area contributed by atoms with Gasteiger partial charge in [-0.25, -0.2) is 4.39 Å². The molecule has 1 aliphatic rings. The van der Waals surface area contributed by atoms with Gasteiger partial charge < -0.3 is 30.2 Å². The van der Waals surface area contributed by atoms with Crippen molar-refractivity contribution >= 4 is 34.6 Å². The summed E-state index contributed by atoms with van der Waals surface area (Å²) in [5, 5.41) is 9.71. The Morgan fingerprint density at radius 3 is 2.23 bits per heavy atom. The molecule has 1 saturated heterocycles. The van der Waals surface area contributed by atoms with Gasteiger partial charge in [-0.1, -0.05) is 0 Å². The molecular formula is C25H33FN4O4S. The average molecular weight is 505 g/mol. The van der Waals surface area contributed by atoms with Crippen LogP contribution in [0, 0.1) is 5.82 Å². The quantitative estimate of drug-likeness (QED) is 0.314. The highest BCUT2D eigenvalue weighted by Gasteiger charge is 2.16. The number of hydrogen-bond acceptors (Lipinski definition) is 6. The monoisotopic (exact) mass is 504 g/mol. The third-order valence-electron chi connectivity index (χ3n) is 5.32. The molecule has 0 atom stereocenters. The molecule has 0 spiro atoms. The molecule has 1 fully saturated rings. The fourth-order valence-electron chi connectivity index (χ4n) is 3.60. The van der Waals surface area contributed by atoms with E-state index in [4.69, 9.17) is 26.4 Å². The summed E-state index contributed by atoms with van der Waals surface area (Å²) in [6.45, 7) is 9.78. The summed E-state index contributed by atoms with van der Waals surface area (Å²) >= 11 is 5.48. The van der Waals surface area contributed by atoms with E-state index in [0.29, 0.717) is 46.8 Å². The largest absolute Gasteiger partial charge is 0.492 e. The highest BCUT2D eigenvalue weighted by molar-refractivity contribution is 7.80. The van der Waals surface area contributed by atoms with Crippen molar-refractivity contribution in [3.8, 4) is 11.5 Å². The van der Waals surface area contributed by atoms with Crippen molar-refractivity contribution < 1.29 is 23.4 Å². The number of anilines is 2. The van der Waals surface area contributed by atoms with Crippen LogP contribution in [0.5, 0.6) is 11.5 Å². The van der Waals surface area contributed by atoms with Gasteiger partial charge in [-0.3, -0.25) is 9.69 Å². The number of thiocarbonyl (C=S) groups is 1. The van der Waals surface area contributed by atoms with E-state index in [1.807, 2.05) is 13.8 Å². The molecule has 8 nitrogen and oxygen atoms in total. The number of benzene rings is 2. The first kappa shape index (κ1) is 26.7. The number of rotatable bonds is 11. The Morgan fingerprint density at radius 1 is 1.03 bits per heavy atom. The van der Waals surface area contributed by atoms with Crippen molar-refractivity contribution in [2.75, 3.05) is 63.2 Å². The molecule has 10 heteroatoms. The molecule has 2 aromatic carbocycles. The molecule has 1 aliphatic heterocycles. The maximum Gasteiger partial charge on any atom is 0.255 e. The number of nitrogens with one attached hydrogen (secondary N) is 3. The lowest BCUT2D eigenvalue weighted by molar-refractivity contribution is 0.0376. The fraction of sp³-hybridized carbons (Fsp3) is 0.440. The van der Waals surface area contributed by atoms with Gasteiger partial charge in [0, 0.05) is 37.3 Å². The zero-order chi connectivity index (χ0) is 25.0. The molecule has 0 bridgehead atoms. The van der Waals surface area contributed by atoms with Crippen LogP contribution in [0.3, 0.4) is 0 Å². The maximum atomic E-state index is 13.2. The maximum absolute atomic E-state index is 13.2. The molecule has 1 heterocycles. The fourth-order valence-corrected chi connectivity index (χ4v) is 3.81. The van der Waals surface area contributed by atoms with E-state index in [2.05, 4.69) is 20.9 Å². The second-order valence-corrected chi connectivity index (χ2v) is 8.27. The first-order valence-electron chi connectivity index (χ1n) is 11.9. The van der Waals surface area contributed by atoms with Gasteiger partial charge in [0.05, 0.1) is 37.8 Å². The lowest BCUT2D eigenvalue weighted by Gasteiger charge is -2.26. The normalized spacial score (nSPS) is 13.7. The predicted octanol–water partition coefficient (Wildman–Crippen LogP) is 3.88. The Bertz CT molecular complexity index is 984. The van der Waals surface area contributed by atoms with Crippen molar-refractivity contribution in [3.63, 3.8) is 0 Å². The zero-order valence-electron chi connectivity index (χ0n) is 20.2. The van der Waals surface area contributed by atoms with E-state index in [0.717, 1.165) is 45.8 Å². The number of morpholine rings is 1. The summed E-state index contributed by atoms with van der Waals surface area (Å²) in [4.78, 5) is 15.1. The second kappa shape index (κ2) is 13.8. The highest BCUT2D eigenvalue weighted by Crippen LogP contribution is 2.37. The average Bonchev–Trinajstić information content (AvgIpc) is 2.85. The van der Waals surface area contributed by atoms with E-state index in [9.17, 15) is 9.18 Å². The topological polar surface area (TPSA) is 84.1 Å². The standard InChI is InChI=1S/C25H33FN4O4S/c1-3-33-22-17-21(29-25(35)27-10-5-11-30-12-14-32-15-13-30)23(34-4-2)16-20(22)28-24(31)18-6-8-19(26)9-7-18/h6-9,16-17H,3-5,10-15H2,1-2H3,(H,28,31)(H2,27,29,35). The van der Waals surface area contributed by atoms with Crippen molar-refractivity contribution in [1.82, 2.24) is 10.2 Å². The Kier molecular flexibility index (Phi) is 10.5. The Balaban J connectivity index is 1.66. The SMILES string of the molecule is CCOc1cc(NC(=S)NCCCN2CCOCC2)c(OCC)cc1NC(=O)c1ccc(F)cc1. The van der Waals surface area contributed by atoms with Gasteiger partial charge in [0.25, 0.3) is 5.91 Å². The van der Waals surface area contributed by atoms with E-state index >= 15 is 0 Å². The lowest BCUT2D eigenvalue weighted by atomic mass is 10.2. The smallest absolute Gasteiger partial charge is 0.255 e. The minimum absolute atomic E-state index is 0.330. The van der Waals surface area contributed by atoms with Crippen LogP contribution in [-0.4, -0.2) is 68.5 Å². The van der Waals surface area contributed by atoms with Crippen LogP contribution >= 0.6 is 12.2 Å². The molecule has 35 heavy (non-hydrogen) atoms. The molecule has 0 saturated carbocycles. The van der Waals surface area contributed by atoms with Crippen LogP contribution in [-0.2, 0) is 4.74 Å². The number of hydrogen-bond donors (Lipinski definition) is 3. The van der Waals surface area contributed by atoms with Gasteiger partial charge in [0.15, 0.2) is 5.11 Å². The van der Waals surface area contributed by atoms with Gasteiger partial charge in [0.1, 0.15) is 17.3 Å². The minimum Gasteiger partial charge on any atom is -0.492 e. The predicted molar refractivity (Wildman–Crippen MR) is 139 cm³/mol. The van der Waals surface area contributed by atoms with E-state index in [1.165, 1.54) is 24.3 Å². The number of halogens is 1. The summed E-state index contributed by atoms with van der Waals surface area (Å²) < 4.78 is 30.2. The Hall–Kier alpha value is -2.95. The Morgan fingerprint density at radius 2 is 1.63 bits per heavy atom. The summed E-state index contributed by atoms with van der Waals surface area (Å²) in [6.07, 6.45) is 0.957. The molecule has 0 unspecified atom stereocenters. The third kappa shape index (κ3) is 8.34. The van der Waals surface area contributed by atoms with Gasteiger partial charge in [-0.2, -0.15) is 0 Å². The number of carbonyl (C=O) groups is 1. The van der Waals surface area contributed by atoms with Gasteiger partial charge in [-0.05, 0) is 63.3 Å². The molecule has 3 rings (SSSR count). The first-order valence-corrected chi connectivity index (χ1v) is 12.3. The minimum atomic E-state index is -0.406. The van der Waals surface area contributed by atoms with Gasteiger partial charge in [-0.15, -0.1) is 0 Å². The number of nitrogens with zero attached hydrogens (tertiary/aromatic N) is 1. The number of amides is 1. The molecule has 0 aliphatic carbocycles. The molecule has 2 aromatic rings. The van der Waals surface area contributed by atoms with Crippen LogP contribution < -0.4 is 25.4 Å². The van der Waals surface area contributed by atoms with Crippen LogP contribution in [0.4, 0.5) is 15.8 Å². The van der Waals surface area contributed by atoms with Crippen LogP contribution in [0.2, 0.25) is 0 Å². The number of ether oxygens (including phenoxy) is 3. The Labute approximate surface area is 211 Å². The van der Waals surface area contributed by atoms with Gasteiger partial charge in [0.2, 0.25) is 0 Å². The molecule has 0 aromatic heterocycles. The third-order valence-corrected chi connectivity index (χ3v) is 5.57. The van der Waals surface area contributed by atoms with E-state index in [1.54, 1.807) is 12.1 Å². The van der Waals surface area contributed by atoms with Crippen LogP contribution in [0.1, 0.15) is 30.6 Å². The summed E-state index contributed by atoms with van der Waals surface area (Å²) in [7, 11) is 0. The first-order chi connectivity index (χ1) is 17.0. The molecule has 1 amide bonds. The van der Waals surface area contributed by atoms with Crippen LogP contribution in [0.15, 0.2) is 36.4 Å². The summed E-state index contributed by atoms with van der Waals surface area (Å²) in [6, 6.07) is 8.77. The molecule has 190 valence electrons. The van der Waals surface area contributed by atoms with Crippen molar-refractivity contribution in [1.29, 1.82) is 0 Å². The molecule has 3 N–H and O–H groups in total. The van der Waals surface area contributed by atoms with Crippen molar-refractivity contribution in [2.24, 2.45) is 0 Å². The van der Waals surface area contributed by atoms with Crippen LogP contribution in [0.25, 0.3) is 0 Å². The van der Waals surface area contributed by atoms with Gasteiger partial charge >= 0.3 is 0 Å². The van der Waals surface area contributed by atoms with Crippen molar-refractivity contribution in [2.45, 2.75) is 20.3 Å². The van der Waals surface area contributed by atoms with E-state index < -0.39 is 5.82 Å². The summed E-state index contributed by atoms with van der Waals surface area (Å²) in [5.41, 5.74) is 1.40. The highest BCUT2D eigenvalue weighted by atomic mass is 32.1. The zero-order valence-corrected chi connectivity index (χ0v) is 21.0. The summed E-state index contributed by atoms with van der Waals surface area (Å²) in [5.74, 6) is 0.190. The lowest BCUT2D eigenvalue weighted by Crippen LogP contribution is -2.38. The molecule has 0 radical (unpaired) electrons. The number of carbonyl (C=O) groups excluding carboxylic acids is 1. The van der Waals surface area contributed by atoms with Crippen molar-refractivity contribution in [3.05, 3.63) is 47.8 Å². The molecular weight excluding hydrogens is 471 g/mol. The van der Waals surface area contributed by atoms with E-state index in [-0.39, 0.29) is 5.91 Å².